The third-order valence-electron chi connectivity index (χ3n) is 3.45. The lowest BCUT2D eigenvalue weighted by molar-refractivity contribution is 0.600. The maximum absolute atomic E-state index is 12.6. The molecule has 2 aromatic carbocycles. The van der Waals surface area contributed by atoms with Crippen LogP contribution in [-0.4, -0.2) is 21.3 Å². The van der Waals surface area contributed by atoms with Crippen molar-refractivity contribution >= 4 is 32.9 Å². The van der Waals surface area contributed by atoms with E-state index in [0.29, 0.717) is 5.84 Å². The van der Waals surface area contributed by atoms with Gasteiger partial charge in [-0.3, -0.25) is 0 Å². The van der Waals surface area contributed by atoms with Crippen LogP contribution < -0.4 is 4.90 Å². The highest BCUT2D eigenvalue weighted by Gasteiger charge is 2.19. The van der Waals surface area contributed by atoms with Gasteiger partial charge >= 0.3 is 0 Å². The van der Waals surface area contributed by atoms with Crippen molar-refractivity contribution in [3.05, 3.63) is 83.7 Å². The molecule has 0 unspecified atom stereocenters. The molecule has 4 nitrogen and oxygen atoms in total. The number of nitrogens with zero attached hydrogens (tertiary/aromatic N) is 2. The van der Waals surface area contributed by atoms with Crippen LogP contribution in [0, 0.1) is 0 Å². The summed E-state index contributed by atoms with van der Waals surface area (Å²) < 4.78 is 29.6. The van der Waals surface area contributed by atoms with Gasteiger partial charge in [0.05, 0.1) is 0 Å². The highest BCUT2D eigenvalue weighted by atomic mass is 32.2. The maximum Gasteiger partial charge on any atom is 0.293 e. The first-order valence-electron chi connectivity index (χ1n) is 7.30. The van der Waals surface area contributed by atoms with Crippen LogP contribution in [-0.2, 0) is 10.0 Å². The van der Waals surface area contributed by atoms with Crippen LogP contribution in [0.2, 0.25) is 0 Å². The number of benzene rings is 2. The highest BCUT2D eigenvalue weighted by Crippen LogP contribution is 2.22. The SMILES string of the molecule is CN(/C(=N/S(=O)(=O)c1cccs1)c1ccccc1)c1ccccc1. The molecule has 0 bridgehead atoms. The zero-order valence-electron chi connectivity index (χ0n) is 13.0. The Balaban J connectivity index is 2.11. The fraction of sp³-hybridized carbons (Fsp3) is 0.0556. The molecule has 0 amide bonds. The molecule has 122 valence electrons. The van der Waals surface area contributed by atoms with Gasteiger partial charge in [-0.15, -0.1) is 15.7 Å². The Bertz CT molecular complexity index is 920. The van der Waals surface area contributed by atoms with Crippen LogP contribution in [0.25, 0.3) is 0 Å². The molecule has 0 atom stereocenters. The van der Waals surface area contributed by atoms with Crippen LogP contribution in [0.3, 0.4) is 0 Å². The number of thiophene rings is 1. The lowest BCUT2D eigenvalue weighted by Gasteiger charge is -2.21. The van der Waals surface area contributed by atoms with Gasteiger partial charge < -0.3 is 4.90 Å². The second-order valence-corrected chi connectivity index (χ2v) is 7.86. The summed E-state index contributed by atoms with van der Waals surface area (Å²) in [6, 6.07) is 22.1. The predicted molar refractivity (Wildman–Crippen MR) is 99.3 cm³/mol. The van der Waals surface area contributed by atoms with E-state index in [1.807, 2.05) is 67.7 Å². The number of hydrogen-bond acceptors (Lipinski definition) is 3. The molecular formula is C18H16N2O2S2. The van der Waals surface area contributed by atoms with E-state index in [4.69, 9.17) is 0 Å². The van der Waals surface area contributed by atoms with Crippen molar-refractivity contribution in [3.63, 3.8) is 0 Å². The molecule has 0 aliphatic rings. The Labute approximate surface area is 145 Å². The summed E-state index contributed by atoms with van der Waals surface area (Å²) >= 11 is 1.16. The number of para-hydroxylation sites is 1. The molecular weight excluding hydrogens is 340 g/mol. The molecule has 0 saturated heterocycles. The monoisotopic (exact) mass is 356 g/mol. The summed E-state index contributed by atoms with van der Waals surface area (Å²) in [7, 11) is -1.94. The Hall–Kier alpha value is -2.44. The number of rotatable bonds is 4. The normalized spacial score (nSPS) is 12.1. The van der Waals surface area contributed by atoms with E-state index in [2.05, 4.69) is 4.40 Å². The summed E-state index contributed by atoms with van der Waals surface area (Å²) in [5, 5.41) is 1.73. The Morgan fingerprint density at radius 2 is 1.54 bits per heavy atom. The third kappa shape index (κ3) is 3.55. The van der Waals surface area contributed by atoms with Gasteiger partial charge in [0.25, 0.3) is 10.0 Å². The highest BCUT2D eigenvalue weighted by molar-refractivity contribution is 7.92. The summed E-state index contributed by atoms with van der Waals surface area (Å²) in [6.07, 6.45) is 0. The molecule has 1 aromatic heterocycles. The second-order valence-electron chi connectivity index (χ2n) is 5.08. The first kappa shape index (κ1) is 16.4. The van der Waals surface area contributed by atoms with Crippen LogP contribution >= 0.6 is 11.3 Å². The van der Waals surface area contributed by atoms with Gasteiger partial charge in [0.1, 0.15) is 4.21 Å². The standard InChI is InChI=1S/C18H16N2O2S2/c1-20(16-11-6-3-7-12-16)18(15-9-4-2-5-10-15)19-24(21,22)17-13-8-14-23-17/h2-14H,1H3/b19-18+. The lowest BCUT2D eigenvalue weighted by Crippen LogP contribution is -2.28. The smallest absolute Gasteiger partial charge is 0.293 e. The van der Waals surface area contributed by atoms with Crippen molar-refractivity contribution < 1.29 is 8.42 Å². The Morgan fingerprint density at radius 3 is 2.12 bits per heavy atom. The second kappa shape index (κ2) is 6.98. The molecule has 0 saturated carbocycles. The summed E-state index contributed by atoms with van der Waals surface area (Å²) in [4.78, 5) is 1.78. The van der Waals surface area contributed by atoms with Crippen LogP contribution in [0.15, 0.2) is 86.8 Å². The molecule has 0 spiro atoms. The van der Waals surface area contributed by atoms with Gasteiger partial charge in [0.15, 0.2) is 5.84 Å². The van der Waals surface area contributed by atoms with Crippen LogP contribution in [0.1, 0.15) is 5.56 Å². The van der Waals surface area contributed by atoms with E-state index in [1.54, 1.807) is 22.4 Å². The fourth-order valence-electron chi connectivity index (χ4n) is 2.24. The number of anilines is 1. The van der Waals surface area contributed by atoms with Crippen molar-refractivity contribution in [2.75, 3.05) is 11.9 Å². The molecule has 0 aliphatic carbocycles. The zero-order valence-corrected chi connectivity index (χ0v) is 14.7. The average molecular weight is 356 g/mol. The van der Waals surface area contributed by atoms with Gasteiger partial charge in [-0.1, -0.05) is 54.6 Å². The van der Waals surface area contributed by atoms with Crippen molar-refractivity contribution in [1.29, 1.82) is 0 Å². The molecule has 0 fully saturated rings. The number of sulfonamides is 1. The topological polar surface area (TPSA) is 49.7 Å². The quantitative estimate of drug-likeness (QED) is 0.524. The first-order valence-corrected chi connectivity index (χ1v) is 9.62. The minimum Gasteiger partial charge on any atom is -0.328 e. The molecule has 1 heterocycles. The van der Waals surface area contributed by atoms with E-state index in [9.17, 15) is 8.42 Å². The van der Waals surface area contributed by atoms with Crippen molar-refractivity contribution in [3.8, 4) is 0 Å². The predicted octanol–water partition coefficient (Wildman–Crippen LogP) is 4.02. The molecule has 0 radical (unpaired) electrons. The zero-order chi connectivity index (χ0) is 17.0. The molecule has 3 aromatic rings. The first-order chi connectivity index (χ1) is 11.6. The number of amidine groups is 1. The third-order valence-corrected chi connectivity index (χ3v) is 6.09. The van der Waals surface area contributed by atoms with Crippen LogP contribution in [0.4, 0.5) is 5.69 Å². The van der Waals surface area contributed by atoms with Gasteiger partial charge in [-0.25, -0.2) is 0 Å². The van der Waals surface area contributed by atoms with Crippen LogP contribution in [0.5, 0.6) is 0 Å². The van der Waals surface area contributed by atoms with E-state index >= 15 is 0 Å². The van der Waals surface area contributed by atoms with Crippen molar-refractivity contribution in [1.82, 2.24) is 0 Å². The van der Waals surface area contributed by atoms with Gasteiger partial charge in [-0.05, 0) is 23.6 Å². The minimum absolute atomic E-state index is 0.234. The van der Waals surface area contributed by atoms with Crippen molar-refractivity contribution in [2.24, 2.45) is 4.40 Å². The molecule has 0 N–H and O–H groups in total. The van der Waals surface area contributed by atoms with E-state index < -0.39 is 10.0 Å². The van der Waals surface area contributed by atoms with Gasteiger partial charge in [0, 0.05) is 18.3 Å². The largest absolute Gasteiger partial charge is 0.328 e. The van der Waals surface area contributed by atoms with Gasteiger partial charge in [-0.2, -0.15) is 8.42 Å². The Morgan fingerprint density at radius 1 is 0.917 bits per heavy atom. The number of hydrogen-bond donors (Lipinski definition) is 0. The fourth-order valence-corrected chi connectivity index (χ4v) is 4.25. The molecule has 6 heteroatoms. The Kier molecular flexibility index (Phi) is 4.78. The summed E-state index contributed by atoms with van der Waals surface area (Å²) in [5.74, 6) is 0.384. The van der Waals surface area contributed by atoms with E-state index in [1.165, 1.54) is 0 Å². The summed E-state index contributed by atoms with van der Waals surface area (Å²) in [6.45, 7) is 0. The molecule has 3 rings (SSSR count). The minimum atomic E-state index is -3.75. The maximum atomic E-state index is 12.6. The lowest BCUT2D eigenvalue weighted by atomic mass is 10.2. The van der Waals surface area contributed by atoms with Crippen molar-refractivity contribution in [2.45, 2.75) is 4.21 Å². The van der Waals surface area contributed by atoms with E-state index in [-0.39, 0.29) is 4.21 Å². The van der Waals surface area contributed by atoms with E-state index in [0.717, 1.165) is 22.6 Å². The van der Waals surface area contributed by atoms with Gasteiger partial charge in [0.2, 0.25) is 0 Å². The molecule has 24 heavy (non-hydrogen) atoms. The summed E-state index contributed by atoms with van der Waals surface area (Å²) in [5.41, 5.74) is 1.60. The average Bonchev–Trinajstić information content (AvgIpc) is 3.16. The molecule has 0 aliphatic heterocycles.